The van der Waals surface area contributed by atoms with E-state index in [1.54, 1.807) is 12.1 Å². The van der Waals surface area contributed by atoms with Crippen LogP contribution in [0.5, 0.6) is 0 Å². The summed E-state index contributed by atoms with van der Waals surface area (Å²) in [5.74, 6) is 1.54. The van der Waals surface area contributed by atoms with E-state index in [0.717, 1.165) is 80.4 Å². The van der Waals surface area contributed by atoms with Crippen LogP contribution in [0.3, 0.4) is 0 Å². The minimum Gasteiger partial charge on any atom is -0.392 e. The number of benzene rings is 1. The van der Waals surface area contributed by atoms with E-state index in [2.05, 4.69) is 28.6 Å². The van der Waals surface area contributed by atoms with E-state index in [4.69, 9.17) is 4.98 Å². The molecule has 1 aliphatic heterocycles. The number of piperazine rings is 1. The number of aliphatic hydroxyl groups is 1. The zero-order valence-corrected chi connectivity index (χ0v) is 17.9. The second-order valence-electron chi connectivity index (χ2n) is 7.91. The van der Waals surface area contributed by atoms with Crippen molar-refractivity contribution in [3.63, 3.8) is 0 Å². The monoisotopic (exact) mass is 400 g/mol. The summed E-state index contributed by atoms with van der Waals surface area (Å²) in [5.41, 5.74) is 3.08. The molecule has 0 amide bonds. The quantitative estimate of drug-likeness (QED) is 0.736. The molecule has 3 rings (SSSR count). The molecule has 0 aliphatic carbocycles. The van der Waals surface area contributed by atoms with E-state index in [9.17, 15) is 9.50 Å². The number of rotatable bonds is 8. The van der Waals surface area contributed by atoms with E-state index in [-0.39, 0.29) is 11.9 Å². The number of hydrogen-bond donors (Lipinski definition) is 1. The maximum Gasteiger partial charge on any atom is 0.136 e. The van der Waals surface area contributed by atoms with Crippen molar-refractivity contribution in [2.24, 2.45) is 0 Å². The fourth-order valence-corrected chi connectivity index (χ4v) is 4.09. The lowest BCUT2D eigenvalue weighted by atomic mass is 10.0. The summed E-state index contributed by atoms with van der Waals surface area (Å²) in [7, 11) is 0. The highest BCUT2D eigenvalue weighted by Gasteiger charge is 2.24. The zero-order valence-electron chi connectivity index (χ0n) is 17.9. The molecule has 5 nitrogen and oxygen atoms in total. The number of β-amino-alcohol motifs (C(OH)–C–C–N with tert-alkyl or cyclic N) is 1. The van der Waals surface area contributed by atoms with E-state index >= 15 is 0 Å². The van der Waals surface area contributed by atoms with Gasteiger partial charge in [-0.05, 0) is 37.5 Å². The Labute approximate surface area is 173 Å². The lowest BCUT2D eigenvalue weighted by Gasteiger charge is -2.37. The van der Waals surface area contributed by atoms with Gasteiger partial charge in [-0.15, -0.1) is 0 Å². The minimum absolute atomic E-state index is 0.214. The molecule has 158 valence electrons. The summed E-state index contributed by atoms with van der Waals surface area (Å²) >= 11 is 0. The van der Waals surface area contributed by atoms with Crippen molar-refractivity contribution >= 4 is 5.82 Å². The molecular weight excluding hydrogens is 367 g/mol. The van der Waals surface area contributed by atoms with Gasteiger partial charge in [0.2, 0.25) is 0 Å². The van der Waals surface area contributed by atoms with Gasteiger partial charge in [-0.2, -0.15) is 0 Å². The van der Waals surface area contributed by atoms with Crippen molar-refractivity contribution in [1.82, 2.24) is 14.9 Å². The molecule has 1 fully saturated rings. The summed E-state index contributed by atoms with van der Waals surface area (Å²) < 4.78 is 13.7. The summed E-state index contributed by atoms with van der Waals surface area (Å²) in [4.78, 5) is 14.1. The molecule has 1 aromatic carbocycles. The Morgan fingerprint density at radius 3 is 2.55 bits per heavy atom. The number of hydrogen-bond acceptors (Lipinski definition) is 5. The van der Waals surface area contributed by atoms with Gasteiger partial charge in [0, 0.05) is 50.4 Å². The molecule has 1 aromatic heterocycles. The third-order valence-electron chi connectivity index (χ3n) is 5.55. The Hall–Kier alpha value is -2.05. The highest BCUT2D eigenvalue weighted by Crippen LogP contribution is 2.26. The Bertz CT molecular complexity index is 805. The van der Waals surface area contributed by atoms with Crippen LogP contribution < -0.4 is 4.90 Å². The van der Waals surface area contributed by atoms with Crippen LogP contribution in [0.25, 0.3) is 0 Å². The molecule has 1 unspecified atom stereocenters. The van der Waals surface area contributed by atoms with Gasteiger partial charge in [-0.1, -0.05) is 32.4 Å². The molecule has 2 aromatic rings. The maximum absolute atomic E-state index is 13.7. The fourth-order valence-electron chi connectivity index (χ4n) is 4.09. The van der Waals surface area contributed by atoms with Crippen LogP contribution in [0.15, 0.2) is 24.3 Å². The molecule has 0 bridgehead atoms. The second kappa shape index (κ2) is 10.1. The van der Waals surface area contributed by atoms with Crippen LogP contribution in [0, 0.1) is 12.7 Å². The minimum atomic E-state index is -0.247. The standard InChI is InChI=1S/C23H33FN4O/c1-4-7-20(29)16-27-10-12-28(13-11-27)23-21(22(5-2)25-17(3)26-23)15-18-8-6-9-19(24)14-18/h6,8-9,14,20,29H,4-5,7,10-13,15-16H2,1-3H3. The van der Waals surface area contributed by atoms with Crippen LogP contribution in [-0.4, -0.2) is 58.8 Å². The lowest BCUT2D eigenvalue weighted by Crippen LogP contribution is -2.49. The van der Waals surface area contributed by atoms with Gasteiger partial charge >= 0.3 is 0 Å². The smallest absolute Gasteiger partial charge is 0.136 e. The molecule has 1 aliphatic rings. The zero-order chi connectivity index (χ0) is 20.8. The molecular formula is C23H33FN4O. The average molecular weight is 401 g/mol. The van der Waals surface area contributed by atoms with Gasteiger partial charge in [0.1, 0.15) is 17.5 Å². The van der Waals surface area contributed by atoms with Crippen LogP contribution >= 0.6 is 0 Å². The van der Waals surface area contributed by atoms with Crippen molar-refractivity contribution in [2.75, 3.05) is 37.6 Å². The number of aliphatic hydroxyl groups excluding tert-OH is 1. The summed E-state index contributed by atoms with van der Waals surface area (Å²) in [6.45, 7) is 10.4. The van der Waals surface area contributed by atoms with Crippen molar-refractivity contribution in [3.05, 3.63) is 52.7 Å². The van der Waals surface area contributed by atoms with Gasteiger partial charge in [0.05, 0.1) is 6.10 Å². The van der Waals surface area contributed by atoms with Crippen molar-refractivity contribution in [3.8, 4) is 0 Å². The molecule has 1 saturated heterocycles. The van der Waals surface area contributed by atoms with E-state index < -0.39 is 0 Å². The first-order valence-corrected chi connectivity index (χ1v) is 10.8. The average Bonchev–Trinajstić information content (AvgIpc) is 2.70. The number of halogens is 1. The van der Waals surface area contributed by atoms with E-state index in [1.165, 1.54) is 6.07 Å². The molecule has 2 heterocycles. The summed E-state index contributed by atoms with van der Waals surface area (Å²) in [6, 6.07) is 6.78. The Balaban J connectivity index is 1.79. The van der Waals surface area contributed by atoms with Crippen molar-refractivity contribution < 1.29 is 9.50 Å². The number of aromatic nitrogens is 2. The summed E-state index contributed by atoms with van der Waals surface area (Å²) in [6.07, 6.45) is 3.06. The van der Waals surface area contributed by atoms with Crippen LogP contribution in [0.4, 0.5) is 10.2 Å². The lowest BCUT2D eigenvalue weighted by molar-refractivity contribution is 0.101. The second-order valence-corrected chi connectivity index (χ2v) is 7.91. The largest absolute Gasteiger partial charge is 0.392 e. The first-order chi connectivity index (χ1) is 14.0. The topological polar surface area (TPSA) is 52.5 Å². The van der Waals surface area contributed by atoms with Gasteiger partial charge in [0.25, 0.3) is 0 Å². The van der Waals surface area contributed by atoms with Gasteiger partial charge in [-0.3, -0.25) is 4.90 Å². The molecule has 0 radical (unpaired) electrons. The number of nitrogens with zero attached hydrogens (tertiary/aromatic N) is 4. The van der Waals surface area contributed by atoms with Crippen LogP contribution in [0.1, 0.15) is 49.3 Å². The molecule has 1 atom stereocenters. The fraction of sp³-hybridized carbons (Fsp3) is 0.565. The predicted octanol–water partition coefficient (Wildman–Crippen LogP) is 3.36. The SMILES string of the molecule is CCCC(O)CN1CCN(c2nc(C)nc(CC)c2Cc2cccc(F)c2)CC1. The molecule has 6 heteroatoms. The van der Waals surface area contributed by atoms with Gasteiger partial charge in [-0.25, -0.2) is 14.4 Å². The van der Waals surface area contributed by atoms with Crippen LogP contribution in [0.2, 0.25) is 0 Å². The molecule has 29 heavy (non-hydrogen) atoms. The molecule has 1 N–H and O–H groups in total. The molecule has 0 spiro atoms. The maximum atomic E-state index is 13.7. The first-order valence-electron chi connectivity index (χ1n) is 10.8. The van der Waals surface area contributed by atoms with Gasteiger partial charge in [0.15, 0.2) is 0 Å². The van der Waals surface area contributed by atoms with Gasteiger partial charge < -0.3 is 10.0 Å². The third kappa shape index (κ3) is 5.73. The molecule has 0 saturated carbocycles. The van der Waals surface area contributed by atoms with E-state index in [1.807, 2.05) is 13.0 Å². The first kappa shape index (κ1) is 21.7. The summed E-state index contributed by atoms with van der Waals surface area (Å²) in [5, 5.41) is 10.1. The van der Waals surface area contributed by atoms with Crippen LogP contribution in [-0.2, 0) is 12.8 Å². The Morgan fingerprint density at radius 1 is 1.14 bits per heavy atom. The number of anilines is 1. The van der Waals surface area contributed by atoms with Crippen molar-refractivity contribution in [1.29, 1.82) is 0 Å². The number of aryl methyl sites for hydroxylation is 2. The highest BCUT2D eigenvalue weighted by atomic mass is 19.1. The Kier molecular flexibility index (Phi) is 7.56. The highest BCUT2D eigenvalue weighted by molar-refractivity contribution is 5.52. The Morgan fingerprint density at radius 2 is 1.90 bits per heavy atom. The predicted molar refractivity (Wildman–Crippen MR) is 115 cm³/mol. The normalized spacial score (nSPS) is 16.2. The third-order valence-corrected chi connectivity index (χ3v) is 5.55. The van der Waals surface area contributed by atoms with Crippen molar-refractivity contribution in [2.45, 2.75) is 52.6 Å². The van der Waals surface area contributed by atoms with E-state index in [0.29, 0.717) is 6.42 Å².